The Kier molecular flexibility index (Phi) is 3.17. The monoisotopic (exact) mass is 262 g/mol. The molecule has 0 unspecified atom stereocenters. The highest BCUT2D eigenvalue weighted by Crippen LogP contribution is 2.29. The molecule has 0 fully saturated rings. The zero-order valence-electron chi connectivity index (χ0n) is 8.24. The molecule has 0 spiro atoms. The lowest BCUT2D eigenvalue weighted by molar-refractivity contribution is -0.104. The average molecular weight is 263 g/mol. The maximum absolute atomic E-state index is 10.3. The second kappa shape index (κ2) is 4.58. The Balaban J connectivity index is 2.44. The van der Waals surface area contributed by atoms with Crippen LogP contribution in [0.15, 0.2) is 40.9 Å². The average Bonchev–Trinajstić information content (AvgIpc) is 2.26. The number of allylic oxidation sites excluding steroid dienone is 4. The highest BCUT2D eigenvalue weighted by molar-refractivity contribution is 9.10. The van der Waals surface area contributed by atoms with E-state index in [0.29, 0.717) is 0 Å². The van der Waals surface area contributed by atoms with E-state index in [1.165, 1.54) is 11.1 Å². The molecule has 76 valence electrons. The molecule has 0 aliphatic heterocycles. The van der Waals surface area contributed by atoms with Crippen molar-refractivity contribution >= 4 is 27.8 Å². The van der Waals surface area contributed by atoms with E-state index in [1.54, 1.807) is 6.08 Å². The highest BCUT2D eigenvalue weighted by atomic mass is 79.9. The molecule has 0 bridgehead atoms. The van der Waals surface area contributed by atoms with Crippen LogP contribution >= 0.6 is 15.9 Å². The summed E-state index contributed by atoms with van der Waals surface area (Å²) in [5.41, 5.74) is 3.73. The van der Waals surface area contributed by atoms with Crippen LogP contribution in [0.25, 0.3) is 5.57 Å². The molecule has 1 aromatic carbocycles. The Bertz CT molecular complexity index is 444. The predicted octanol–water partition coefficient (Wildman–Crippen LogP) is 3.53. The Hall–Kier alpha value is -1.15. The van der Waals surface area contributed by atoms with Crippen molar-refractivity contribution in [1.82, 2.24) is 0 Å². The summed E-state index contributed by atoms with van der Waals surface area (Å²) in [5, 5.41) is 0. The summed E-state index contributed by atoms with van der Waals surface area (Å²) >= 11 is 3.47. The molecule has 0 N–H and O–H groups in total. The standard InChI is InChI=1S/C13H11BrO/c14-12-7-6-11-4-1-3-10(5-2-8-15)13(11)9-12/h2-3,5-9H,1,4H2. The summed E-state index contributed by atoms with van der Waals surface area (Å²) in [5.74, 6) is 0. The predicted molar refractivity (Wildman–Crippen MR) is 65.6 cm³/mol. The van der Waals surface area contributed by atoms with E-state index in [4.69, 9.17) is 0 Å². The fourth-order valence-corrected chi connectivity index (χ4v) is 2.19. The van der Waals surface area contributed by atoms with Crippen molar-refractivity contribution in [2.75, 3.05) is 0 Å². The van der Waals surface area contributed by atoms with Crippen LogP contribution in [0.3, 0.4) is 0 Å². The molecule has 0 amide bonds. The van der Waals surface area contributed by atoms with Gasteiger partial charge in [0.15, 0.2) is 0 Å². The van der Waals surface area contributed by atoms with E-state index in [1.807, 2.05) is 6.08 Å². The van der Waals surface area contributed by atoms with E-state index in [9.17, 15) is 4.79 Å². The Labute approximate surface area is 97.6 Å². The van der Waals surface area contributed by atoms with E-state index in [0.717, 1.165) is 29.2 Å². The number of aldehydes is 1. The fourth-order valence-electron chi connectivity index (χ4n) is 1.83. The quantitative estimate of drug-likeness (QED) is 0.589. The fraction of sp³-hybridized carbons (Fsp3) is 0.154. The zero-order valence-corrected chi connectivity index (χ0v) is 9.83. The Morgan fingerprint density at radius 1 is 1.33 bits per heavy atom. The van der Waals surface area contributed by atoms with Crippen LogP contribution in [0, 0.1) is 0 Å². The number of hydrogen-bond acceptors (Lipinski definition) is 1. The lowest BCUT2D eigenvalue weighted by Gasteiger charge is -2.15. The summed E-state index contributed by atoms with van der Waals surface area (Å²) in [6, 6.07) is 6.31. The van der Waals surface area contributed by atoms with Crippen LogP contribution in [0.4, 0.5) is 0 Å². The van der Waals surface area contributed by atoms with Gasteiger partial charge in [-0.15, -0.1) is 0 Å². The van der Waals surface area contributed by atoms with Crippen molar-refractivity contribution in [2.45, 2.75) is 12.8 Å². The Morgan fingerprint density at radius 2 is 2.20 bits per heavy atom. The second-order valence-electron chi connectivity index (χ2n) is 3.49. The van der Waals surface area contributed by atoms with Crippen molar-refractivity contribution in [3.8, 4) is 0 Å². The number of aryl methyl sites for hydroxylation is 1. The zero-order chi connectivity index (χ0) is 10.7. The molecule has 0 saturated carbocycles. The maximum Gasteiger partial charge on any atom is 0.142 e. The van der Waals surface area contributed by atoms with Crippen LogP contribution in [-0.2, 0) is 11.2 Å². The summed E-state index contributed by atoms with van der Waals surface area (Å²) in [6.45, 7) is 0. The van der Waals surface area contributed by atoms with E-state index >= 15 is 0 Å². The summed E-state index contributed by atoms with van der Waals surface area (Å²) in [4.78, 5) is 10.3. The van der Waals surface area contributed by atoms with E-state index in [2.05, 4.69) is 40.2 Å². The normalized spacial score (nSPS) is 14.9. The van der Waals surface area contributed by atoms with Crippen molar-refractivity contribution in [2.24, 2.45) is 0 Å². The molecule has 15 heavy (non-hydrogen) atoms. The van der Waals surface area contributed by atoms with Gasteiger partial charge in [0.05, 0.1) is 0 Å². The van der Waals surface area contributed by atoms with Crippen molar-refractivity contribution in [3.05, 3.63) is 52.0 Å². The van der Waals surface area contributed by atoms with Gasteiger partial charge >= 0.3 is 0 Å². The number of halogens is 1. The number of carbonyl (C=O) groups excluding carboxylic acids is 1. The molecule has 0 aromatic heterocycles. The minimum absolute atomic E-state index is 0.813. The molecule has 2 rings (SSSR count). The summed E-state index contributed by atoms with van der Waals surface area (Å²) in [7, 11) is 0. The minimum Gasteiger partial charge on any atom is -0.299 e. The van der Waals surface area contributed by atoms with Crippen LogP contribution in [-0.4, -0.2) is 6.29 Å². The number of hydrogen-bond donors (Lipinski definition) is 0. The third kappa shape index (κ3) is 2.26. The molecule has 1 aliphatic rings. The van der Waals surface area contributed by atoms with Gasteiger partial charge in [-0.25, -0.2) is 0 Å². The lowest BCUT2D eigenvalue weighted by Crippen LogP contribution is -1.98. The number of carbonyl (C=O) groups is 1. The second-order valence-corrected chi connectivity index (χ2v) is 4.41. The van der Waals surface area contributed by atoms with Gasteiger partial charge in [0.2, 0.25) is 0 Å². The molecule has 0 saturated heterocycles. The van der Waals surface area contributed by atoms with Gasteiger partial charge in [0.1, 0.15) is 6.29 Å². The molecular weight excluding hydrogens is 252 g/mol. The van der Waals surface area contributed by atoms with Gasteiger partial charge in [-0.05, 0) is 47.8 Å². The largest absolute Gasteiger partial charge is 0.299 e. The first-order chi connectivity index (χ1) is 7.31. The molecule has 0 radical (unpaired) electrons. The number of benzene rings is 1. The van der Waals surface area contributed by atoms with Gasteiger partial charge in [-0.2, -0.15) is 0 Å². The van der Waals surface area contributed by atoms with Crippen LogP contribution in [0.2, 0.25) is 0 Å². The summed E-state index contributed by atoms with van der Waals surface area (Å²) in [6.07, 6.45) is 8.54. The van der Waals surface area contributed by atoms with Crippen molar-refractivity contribution < 1.29 is 4.79 Å². The lowest BCUT2D eigenvalue weighted by atomic mass is 9.91. The van der Waals surface area contributed by atoms with Crippen molar-refractivity contribution in [1.29, 1.82) is 0 Å². The first kappa shape index (κ1) is 10.4. The van der Waals surface area contributed by atoms with Gasteiger partial charge in [-0.1, -0.05) is 34.1 Å². The van der Waals surface area contributed by atoms with Gasteiger partial charge in [0, 0.05) is 4.47 Å². The SMILES string of the molecule is O=CC=CC1=CCCc2ccc(Br)cc21. The third-order valence-electron chi connectivity index (χ3n) is 2.52. The van der Waals surface area contributed by atoms with Gasteiger partial charge in [0.25, 0.3) is 0 Å². The molecule has 1 aliphatic carbocycles. The van der Waals surface area contributed by atoms with Gasteiger partial charge < -0.3 is 0 Å². The molecule has 0 atom stereocenters. The number of rotatable bonds is 2. The molecular formula is C13H11BrO. The highest BCUT2D eigenvalue weighted by Gasteiger charge is 2.10. The van der Waals surface area contributed by atoms with Gasteiger partial charge in [-0.3, -0.25) is 4.79 Å². The topological polar surface area (TPSA) is 17.1 Å². The molecule has 0 heterocycles. The van der Waals surface area contributed by atoms with E-state index in [-0.39, 0.29) is 0 Å². The molecule has 2 heteroatoms. The molecule has 1 aromatic rings. The van der Waals surface area contributed by atoms with E-state index < -0.39 is 0 Å². The van der Waals surface area contributed by atoms with Crippen LogP contribution in [0.1, 0.15) is 17.5 Å². The Morgan fingerprint density at radius 3 is 3.00 bits per heavy atom. The smallest absolute Gasteiger partial charge is 0.142 e. The maximum atomic E-state index is 10.3. The third-order valence-corrected chi connectivity index (χ3v) is 3.01. The van der Waals surface area contributed by atoms with Crippen molar-refractivity contribution in [3.63, 3.8) is 0 Å². The minimum atomic E-state index is 0.813. The van der Waals surface area contributed by atoms with Crippen LogP contribution < -0.4 is 0 Å². The number of fused-ring (bicyclic) bond motifs is 1. The first-order valence-electron chi connectivity index (χ1n) is 4.92. The summed E-state index contributed by atoms with van der Waals surface area (Å²) < 4.78 is 1.08. The van der Waals surface area contributed by atoms with Crippen LogP contribution in [0.5, 0.6) is 0 Å². The first-order valence-corrected chi connectivity index (χ1v) is 5.71. The molecule has 1 nitrogen and oxygen atoms in total.